The van der Waals surface area contributed by atoms with Gasteiger partial charge in [-0.3, -0.25) is 0 Å². The largest absolute Gasteiger partial charge is 0.450 e. The molecule has 1 rings (SSSR count). The predicted octanol–water partition coefficient (Wildman–Crippen LogP) is 0.532. The Labute approximate surface area is 59.0 Å². The van der Waals surface area contributed by atoms with Gasteiger partial charge in [-0.05, 0) is 6.92 Å². The Kier molecular flexibility index (Phi) is 2.28. The monoisotopic (exact) mass is 142 g/mol. The number of aromatic nitrogens is 1. The van der Waals surface area contributed by atoms with Gasteiger partial charge in [-0.25, -0.2) is 0 Å². The summed E-state index contributed by atoms with van der Waals surface area (Å²) in [7, 11) is 0. The van der Waals surface area contributed by atoms with Crippen molar-refractivity contribution in [1.82, 2.24) is 4.98 Å². The summed E-state index contributed by atoms with van der Waals surface area (Å²) in [6.45, 7) is 2.81. The topological polar surface area (TPSA) is 61.3 Å². The summed E-state index contributed by atoms with van der Waals surface area (Å²) in [4.78, 5) is 3.90. The fraction of sp³-hybridized carbons (Fsp3) is 0.500. The average Bonchev–Trinajstić information content (AvgIpc) is 2.37. The van der Waals surface area contributed by atoms with Gasteiger partial charge in [0.05, 0.1) is 12.3 Å². The smallest absolute Gasteiger partial charge is 0.393 e. The first-order valence-corrected chi connectivity index (χ1v) is 3.14. The van der Waals surface area contributed by atoms with Gasteiger partial charge in [-0.2, -0.15) is 4.98 Å². The van der Waals surface area contributed by atoms with Gasteiger partial charge in [0, 0.05) is 6.54 Å². The molecular formula is C6H10N2O2. The van der Waals surface area contributed by atoms with Gasteiger partial charge < -0.3 is 14.9 Å². The van der Waals surface area contributed by atoms with Crippen molar-refractivity contribution in [2.45, 2.75) is 13.5 Å². The van der Waals surface area contributed by atoms with Gasteiger partial charge in [-0.15, -0.1) is 0 Å². The van der Waals surface area contributed by atoms with E-state index in [4.69, 9.17) is 14.9 Å². The molecule has 1 aromatic rings. The molecule has 0 radical (unpaired) electrons. The maximum absolute atomic E-state index is 5.28. The lowest BCUT2D eigenvalue weighted by atomic mass is 10.5. The molecule has 2 N–H and O–H groups in total. The SMILES string of the molecule is CCOc1nc(CN)co1. The number of rotatable bonds is 3. The van der Waals surface area contributed by atoms with Crippen LogP contribution in [0.4, 0.5) is 0 Å². The number of nitrogens with zero attached hydrogens (tertiary/aromatic N) is 1. The number of hydrogen-bond donors (Lipinski definition) is 1. The van der Waals surface area contributed by atoms with Gasteiger partial charge in [0.25, 0.3) is 0 Å². The number of ether oxygens (including phenoxy) is 1. The normalized spacial score (nSPS) is 9.80. The van der Waals surface area contributed by atoms with Crippen molar-refractivity contribution in [1.29, 1.82) is 0 Å². The first-order valence-electron chi connectivity index (χ1n) is 3.14. The van der Waals surface area contributed by atoms with Crippen molar-refractivity contribution in [3.8, 4) is 6.08 Å². The van der Waals surface area contributed by atoms with Gasteiger partial charge in [-0.1, -0.05) is 0 Å². The van der Waals surface area contributed by atoms with Crippen LogP contribution in [0.2, 0.25) is 0 Å². The van der Waals surface area contributed by atoms with Crippen LogP contribution in [0.1, 0.15) is 12.6 Å². The van der Waals surface area contributed by atoms with Crippen molar-refractivity contribution in [2.75, 3.05) is 6.61 Å². The Hall–Kier alpha value is -1.03. The molecule has 56 valence electrons. The van der Waals surface area contributed by atoms with Crippen molar-refractivity contribution in [2.24, 2.45) is 5.73 Å². The van der Waals surface area contributed by atoms with Gasteiger partial charge in [0.1, 0.15) is 6.26 Å². The van der Waals surface area contributed by atoms with E-state index in [0.29, 0.717) is 24.9 Å². The van der Waals surface area contributed by atoms with Crippen LogP contribution >= 0.6 is 0 Å². The highest BCUT2D eigenvalue weighted by Crippen LogP contribution is 2.08. The fourth-order valence-electron chi connectivity index (χ4n) is 0.572. The van der Waals surface area contributed by atoms with E-state index in [-0.39, 0.29) is 0 Å². The van der Waals surface area contributed by atoms with E-state index in [9.17, 15) is 0 Å². The lowest BCUT2D eigenvalue weighted by Gasteiger charge is -1.91. The zero-order valence-corrected chi connectivity index (χ0v) is 5.83. The molecule has 0 spiro atoms. The molecule has 0 saturated carbocycles. The van der Waals surface area contributed by atoms with Crippen LogP contribution in [-0.4, -0.2) is 11.6 Å². The summed E-state index contributed by atoms with van der Waals surface area (Å²) in [6.07, 6.45) is 1.79. The molecule has 4 heteroatoms. The van der Waals surface area contributed by atoms with Crippen molar-refractivity contribution in [3.63, 3.8) is 0 Å². The molecule has 0 aromatic carbocycles. The van der Waals surface area contributed by atoms with Crippen molar-refractivity contribution in [3.05, 3.63) is 12.0 Å². The molecule has 0 aliphatic carbocycles. The maximum atomic E-state index is 5.28. The van der Waals surface area contributed by atoms with Gasteiger partial charge >= 0.3 is 6.08 Å². The Balaban J connectivity index is 2.59. The first kappa shape index (κ1) is 7.08. The lowest BCUT2D eigenvalue weighted by molar-refractivity contribution is 0.244. The molecule has 0 atom stereocenters. The highest BCUT2D eigenvalue weighted by molar-refractivity contribution is 4.98. The van der Waals surface area contributed by atoms with E-state index >= 15 is 0 Å². The molecule has 1 aromatic heterocycles. The second-order valence-electron chi connectivity index (χ2n) is 1.74. The van der Waals surface area contributed by atoms with Crippen molar-refractivity contribution >= 4 is 0 Å². The number of oxazole rings is 1. The molecule has 0 amide bonds. The number of nitrogens with two attached hydrogens (primary N) is 1. The molecule has 1 heterocycles. The van der Waals surface area contributed by atoms with E-state index in [1.165, 1.54) is 6.26 Å². The number of hydrogen-bond acceptors (Lipinski definition) is 4. The zero-order chi connectivity index (χ0) is 7.40. The Bertz CT molecular complexity index is 197. The third kappa shape index (κ3) is 1.48. The van der Waals surface area contributed by atoms with Gasteiger partial charge in [0.2, 0.25) is 0 Å². The van der Waals surface area contributed by atoms with E-state index in [1.54, 1.807) is 0 Å². The Morgan fingerprint density at radius 3 is 3.10 bits per heavy atom. The minimum Gasteiger partial charge on any atom is -0.450 e. The molecule has 0 aliphatic heterocycles. The molecule has 0 bridgehead atoms. The molecule has 0 unspecified atom stereocenters. The minimum absolute atomic E-state index is 0.294. The molecule has 4 nitrogen and oxygen atoms in total. The summed E-state index contributed by atoms with van der Waals surface area (Å²) >= 11 is 0. The van der Waals surface area contributed by atoms with E-state index < -0.39 is 0 Å². The molecule has 0 aliphatic rings. The average molecular weight is 142 g/mol. The fourth-order valence-corrected chi connectivity index (χ4v) is 0.572. The third-order valence-corrected chi connectivity index (χ3v) is 1.01. The first-order chi connectivity index (χ1) is 4.86. The van der Waals surface area contributed by atoms with Crippen LogP contribution in [-0.2, 0) is 6.54 Å². The molecule has 0 saturated heterocycles. The van der Waals surface area contributed by atoms with Crippen LogP contribution in [0.5, 0.6) is 6.08 Å². The van der Waals surface area contributed by atoms with E-state index in [2.05, 4.69) is 4.98 Å². The summed E-state index contributed by atoms with van der Waals surface area (Å²) in [5.74, 6) is 0. The van der Waals surface area contributed by atoms with Crippen LogP contribution in [0.15, 0.2) is 10.7 Å². The summed E-state index contributed by atoms with van der Waals surface area (Å²) in [5.41, 5.74) is 5.99. The molecular weight excluding hydrogens is 132 g/mol. The Morgan fingerprint density at radius 1 is 1.80 bits per heavy atom. The summed E-state index contributed by atoms with van der Waals surface area (Å²) in [6, 6.07) is 0. The predicted molar refractivity (Wildman–Crippen MR) is 35.6 cm³/mol. The Morgan fingerprint density at radius 2 is 2.60 bits per heavy atom. The van der Waals surface area contributed by atoms with Crippen molar-refractivity contribution < 1.29 is 9.15 Å². The second-order valence-corrected chi connectivity index (χ2v) is 1.74. The second kappa shape index (κ2) is 3.22. The lowest BCUT2D eigenvalue weighted by Crippen LogP contribution is -1.96. The zero-order valence-electron chi connectivity index (χ0n) is 5.83. The van der Waals surface area contributed by atoms with E-state index in [0.717, 1.165) is 0 Å². The molecule has 10 heavy (non-hydrogen) atoms. The van der Waals surface area contributed by atoms with Crippen LogP contribution in [0, 0.1) is 0 Å². The van der Waals surface area contributed by atoms with Crippen LogP contribution in [0.3, 0.4) is 0 Å². The third-order valence-electron chi connectivity index (χ3n) is 1.01. The molecule has 0 fully saturated rings. The quantitative estimate of drug-likeness (QED) is 0.668. The van der Waals surface area contributed by atoms with E-state index in [1.807, 2.05) is 6.92 Å². The van der Waals surface area contributed by atoms with Crippen LogP contribution in [0.25, 0.3) is 0 Å². The standard InChI is InChI=1S/C6H10N2O2/c1-2-9-6-8-5(3-7)4-10-6/h4H,2-3,7H2,1H3. The highest BCUT2D eigenvalue weighted by Gasteiger charge is 2.00. The van der Waals surface area contributed by atoms with Gasteiger partial charge in [0.15, 0.2) is 0 Å². The maximum Gasteiger partial charge on any atom is 0.393 e. The minimum atomic E-state index is 0.294. The van der Waals surface area contributed by atoms with Crippen LogP contribution < -0.4 is 10.5 Å². The summed E-state index contributed by atoms with van der Waals surface area (Å²) < 4.78 is 9.84. The summed E-state index contributed by atoms with van der Waals surface area (Å²) in [5, 5.41) is 0. The highest BCUT2D eigenvalue weighted by atomic mass is 16.6.